The molecule has 1 saturated heterocycles. The second-order valence-corrected chi connectivity index (χ2v) is 8.63. The van der Waals surface area contributed by atoms with E-state index in [0.717, 1.165) is 25.0 Å². The van der Waals surface area contributed by atoms with Crippen LogP contribution < -0.4 is 16.0 Å². The number of carbonyl (C=O) groups excluding carboxylic acids is 1. The molecule has 2 aromatic rings. The largest absolute Gasteiger partial charge is 0.435 e. The van der Waals surface area contributed by atoms with Gasteiger partial charge in [0.1, 0.15) is 6.61 Å². The van der Waals surface area contributed by atoms with Gasteiger partial charge in [-0.25, -0.2) is 9.97 Å². The van der Waals surface area contributed by atoms with Gasteiger partial charge in [-0.2, -0.15) is 13.2 Å². The van der Waals surface area contributed by atoms with Crippen molar-refractivity contribution in [2.75, 3.05) is 48.7 Å². The van der Waals surface area contributed by atoms with E-state index in [4.69, 9.17) is 10.5 Å². The van der Waals surface area contributed by atoms with E-state index in [1.54, 1.807) is 0 Å². The SMILES string of the molecule is Nc1cnc(NC2CCC(OCC(=O)N3CCN(c4ccccc4)CC3)CC2)nc1C(F)(F)F. The Morgan fingerprint density at radius 2 is 1.76 bits per heavy atom. The number of hydrogen-bond acceptors (Lipinski definition) is 7. The Kier molecular flexibility index (Phi) is 7.40. The van der Waals surface area contributed by atoms with E-state index in [0.29, 0.717) is 38.8 Å². The van der Waals surface area contributed by atoms with Crippen molar-refractivity contribution in [3.63, 3.8) is 0 Å². The number of amides is 1. The molecule has 8 nitrogen and oxygen atoms in total. The Hall–Kier alpha value is -3.08. The first kappa shape index (κ1) is 24.1. The van der Waals surface area contributed by atoms with E-state index in [9.17, 15) is 18.0 Å². The van der Waals surface area contributed by atoms with Crippen LogP contribution in [0, 0.1) is 0 Å². The fourth-order valence-corrected chi connectivity index (χ4v) is 4.38. The van der Waals surface area contributed by atoms with Crippen LogP contribution in [0.2, 0.25) is 0 Å². The molecule has 2 fully saturated rings. The number of ether oxygens (including phenoxy) is 1. The fraction of sp³-hybridized carbons (Fsp3) is 0.522. The third kappa shape index (κ3) is 6.07. The van der Waals surface area contributed by atoms with Crippen LogP contribution in [0.25, 0.3) is 0 Å². The first-order valence-corrected chi connectivity index (χ1v) is 11.4. The molecule has 0 spiro atoms. The number of hydrogen-bond donors (Lipinski definition) is 2. The van der Waals surface area contributed by atoms with Crippen molar-refractivity contribution < 1.29 is 22.7 Å². The minimum absolute atomic E-state index is 0.0112. The minimum atomic E-state index is -4.63. The number of halogens is 3. The molecule has 1 saturated carbocycles. The lowest BCUT2D eigenvalue weighted by atomic mass is 9.93. The molecule has 2 aliphatic rings. The minimum Gasteiger partial charge on any atom is -0.396 e. The molecule has 0 unspecified atom stereocenters. The summed E-state index contributed by atoms with van der Waals surface area (Å²) in [6.45, 7) is 2.94. The molecule has 2 heterocycles. The van der Waals surface area contributed by atoms with Gasteiger partial charge in [0.05, 0.1) is 18.0 Å². The van der Waals surface area contributed by atoms with E-state index in [1.165, 1.54) is 0 Å². The summed E-state index contributed by atoms with van der Waals surface area (Å²) < 4.78 is 44.8. The van der Waals surface area contributed by atoms with Gasteiger partial charge in [-0.15, -0.1) is 0 Å². The summed E-state index contributed by atoms with van der Waals surface area (Å²) in [5.74, 6) is -0.0985. The summed E-state index contributed by atoms with van der Waals surface area (Å²) in [5.41, 5.74) is 4.88. The van der Waals surface area contributed by atoms with Crippen LogP contribution in [-0.4, -0.2) is 65.7 Å². The van der Waals surface area contributed by atoms with Crippen LogP contribution in [0.15, 0.2) is 36.5 Å². The average molecular weight is 479 g/mol. The first-order valence-electron chi connectivity index (χ1n) is 11.4. The van der Waals surface area contributed by atoms with Gasteiger partial charge in [0, 0.05) is 37.9 Å². The number of carbonyl (C=O) groups is 1. The predicted molar refractivity (Wildman–Crippen MR) is 122 cm³/mol. The third-order valence-corrected chi connectivity index (χ3v) is 6.29. The Balaban J connectivity index is 1.18. The summed E-state index contributed by atoms with van der Waals surface area (Å²) in [5, 5.41) is 2.96. The quantitative estimate of drug-likeness (QED) is 0.658. The number of piperazine rings is 1. The van der Waals surface area contributed by atoms with E-state index >= 15 is 0 Å². The Morgan fingerprint density at radius 1 is 1.09 bits per heavy atom. The van der Waals surface area contributed by atoms with Crippen LogP contribution in [-0.2, 0) is 15.7 Å². The van der Waals surface area contributed by atoms with Crippen molar-refractivity contribution in [2.24, 2.45) is 0 Å². The standard InChI is InChI=1S/C23H29F3N6O2/c24-23(25,26)21-19(27)14-28-22(30-21)29-16-6-8-18(9-7-16)34-15-20(33)32-12-10-31(11-13-32)17-4-2-1-3-5-17/h1-5,14,16,18H,6-13,15,27H2,(H,28,29,30). The molecule has 1 aliphatic carbocycles. The van der Waals surface area contributed by atoms with Crippen molar-refractivity contribution in [1.29, 1.82) is 0 Å². The number of benzene rings is 1. The van der Waals surface area contributed by atoms with Crippen molar-refractivity contribution in [3.05, 3.63) is 42.2 Å². The summed E-state index contributed by atoms with van der Waals surface area (Å²) >= 11 is 0. The van der Waals surface area contributed by atoms with E-state index < -0.39 is 17.6 Å². The normalized spacial score (nSPS) is 21.4. The number of anilines is 3. The molecule has 184 valence electrons. The number of para-hydroxylation sites is 1. The molecule has 1 aromatic heterocycles. The molecular weight excluding hydrogens is 449 g/mol. The molecule has 1 aliphatic heterocycles. The molecule has 1 amide bonds. The summed E-state index contributed by atoms with van der Waals surface area (Å²) in [7, 11) is 0. The third-order valence-electron chi connectivity index (χ3n) is 6.29. The molecule has 0 atom stereocenters. The predicted octanol–water partition coefficient (Wildman–Crippen LogP) is 3.17. The van der Waals surface area contributed by atoms with Crippen LogP contribution in [0.3, 0.4) is 0 Å². The lowest BCUT2D eigenvalue weighted by molar-refractivity contribution is -0.140. The molecule has 0 radical (unpaired) electrons. The summed E-state index contributed by atoms with van der Waals surface area (Å²) in [4.78, 5) is 24.1. The number of rotatable bonds is 6. The number of nitrogens with one attached hydrogen (secondary N) is 1. The van der Waals surface area contributed by atoms with Gasteiger partial charge in [0.15, 0.2) is 5.69 Å². The van der Waals surface area contributed by atoms with Gasteiger partial charge in [0.2, 0.25) is 11.9 Å². The topological polar surface area (TPSA) is 96.6 Å². The van der Waals surface area contributed by atoms with E-state index in [2.05, 4.69) is 32.3 Å². The highest BCUT2D eigenvalue weighted by atomic mass is 19.4. The highest BCUT2D eigenvalue weighted by Crippen LogP contribution is 2.32. The molecule has 4 rings (SSSR count). The Labute approximate surface area is 196 Å². The zero-order valence-electron chi connectivity index (χ0n) is 18.8. The zero-order valence-corrected chi connectivity index (χ0v) is 18.8. The van der Waals surface area contributed by atoms with Gasteiger partial charge in [-0.3, -0.25) is 4.79 Å². The Bertz CT molecular complexity index is 959. The van der Waals surface area contributed by atoms with Crippen LogP contribution in [0.1, 0.15) is 31.4 Å². The van der Waals surface area contributed by atoms with Crippen molar-refractivity contribution >= 4 is 23.2 Å². The highest BCUT2D eigenvalue weighted by Gasteiger charge is 2.36. The molecule has 3 N–H and O–H groups in total. The van der Waals surface area contributed by atoms with Gasteiger partial charge >= 0.3 is 6.18 Å². The lowest BCUT2D eigenvalue weighted by Crippen LogP contribution is -2.50. The van der Waals surface area contributed by atoms with Gasteiger partial charge in [0.25, 0.3) is 0 Å². The maximum Gasteiger partial charge on any atom is 0.435 e. The number of nitrogens with two attached hydrogens (primary N) is 1. The van der Waals surface area contributed by atoms with Crippen LogP contribution in [0.5, 0.6) is 0 Å². The molecule has 34 heavy (non-hydrogen) atoms. The summed E-state index contributed by atoms with van der Waals surface area (Å²) in [6, 6.07) is 10.1. The van der Waals surface area contributed by atoms with E-state index in [1.807, 2.05) is 23.1 Å². The zero-order chi connectivity index (χ0) is 24.1. The van der Waals surface area contributed by atoms with Crippen molar-refractivity contribution in [3.8, 4) is 0 Å². The fourth-order valence-electron chi connectivity index (χ4n) is 4.38. The maximum atomic E-state index is 13.0. The number of nitrogen functional groups attached to an aromatic ring is 1. The smallest absolute Gasteiger partial charge is 0.396 e. The monoisotopic (exact) mass is 478 g/mol. The first-order chi connectivity index (χ1) is 16.3. The highest BCUT2D eigenvalue weighted by molar-refractivity contribution is 5.77. The number of nitrogens with zero attached hydrogens (tertiary/aromatic N) is 4. The number of alkyl halides is 3. The van der Waals surface area contributed by atoms with Gasteiger partial charge in [-0.1, -0.05) is 18.2 Å². The molecular formula is C23H29F3N6O2. The van der Waals surface area contributed by atoms with Crippen LogP contribution >= 0.6 is 0 Å². The lowest BCUT2D eigenvalue weighted by Gasteiger charge is -2.36. The van der Waals surface area contributed by atoms with Crippen molar-refractivity contribution in [1.82, 2.24) is 14.9 Å². The van der Waals surface area contributed by atoms with Crippen LogP contribution in [0.4, 0.5) is 30.5 Å². The van der Waals surface area contributed by atoms with E-state index in [-0.39, 0.29) is 30.6 Å². The number of aromatic nitrogens is 2. The Morgan fingerprint density at radius 3 is 2.41 bits per heavy atom. The average Bonchev–Trinajstić information content (AvgIpc) is 2.84. The van der Waals surface area contributed by atoms with Gasteiger partial charge in [-0.05, 0) is 37.8 Å². The summed E-state index contributed by atoms with van der Waals surface area (Å²) in [6.07, 6.45) is -0.936. The molecule has 0 bridgehead atoms. The maximum absolute atomic E-state index is 13.0. The molecule has 11 heteroatoms. The van der Waals surface area contributed by atoms with Crippen molar-refractivity contribution in [2.45, 2.75) is 44.0 Å². The van der Waals surface area contributed by atoms with Gasteiger partial charge < -0.3 is 25.6 Å². The second-order valence-electron chi connectivity index (χ2n) is 8.63. The second kappa shape index (κ2) is 10.5. The molecule has 1 aromatic carbocycles.